The second-order valence-corrected chi connectivity index (χ2v) is 15.9. The molecule has 1 N–H and O–H groups in total. The largest absolute Gasteiger partial charge is 0.469 e. The third kappa shape index (κ3) is 171. The number of hydrogen-bond acceptors (Lipinski definition) is 5. The summed E-state index contributed by atoms with van der Waals surface area (Å²) in [5, 5.41) is 3.11. The van der Waals surface area contributed by atoms with Crippen LogP contribution in [-0.4, -0.2) is 38.7 Å². The molecule has 0 bridgehead atoms. The molecule has 2 unspecified atom stereocenters. The fourth-order valence-corrected chi connectivity index (χ4v) is 4.25. The first-order valence-electron chi connectivity index (χ1n) is 29.2. The smallest absolute Gasteiger partial charge is 0.308 e. The molecule has 0 aromatic carbocycles. The standard InChI is InChI=1S/C13H26O2.C8H16O2.C6H14.3C5H12.C4H11N.C4H10.2C3H8.2C2H6/c1-4-7-10-12(9-6-3)13(14)15-11-8-5-2;1-4-5-6-7(2)8(9)10-3;1-3-5-6-4-2;4*1-3-5-4-2;1-3-4-2;2*1-3-2;2*1-2/h12H,4-11H2,1-3H3;7H,4-6H2,1-3H3;3-6H2,1-2H3;3*3-5H2,1-2H3;5H,3-4H2,1-2H3;3-4H2,1-2H3;2*3H2,1-2H3;2*1-2H3. The number of carbonyl (C=O) groups is 2. The molecule has 0 aliphatic heterocycles. The first kappa shape index (κ1) is 93.9. The maximum absolute atomic E-state index is 11.7. The van der Waals surface area contributed by atoms with Crippen LogP contribution in [0.4, 0.5) is 0 Å². The minimum atomic E-state index is -0.0894. The molecule has 65 heavy (non-hydrogen) atoms. The monoisotopic (exact) mass is 940 g/mol. The summed E-state index contributed by atoms with van der Waals surface area (Å²) in [5.74, 6) is 0.156. The minimum absolute atomic E-state index is 0.0266. The number of methoxy groups -OCH3 is 1. The van der Waals surface area contributed by atoms with E-state index in [0.29, 0.717) is 6.61 Å². The lowest BCUT2D eigenvalue weighted by Crippen LogP contribution is -2.18. The zero-order valence-electron chi connectivity index (χ0n) is 51.5. The van der Waals surface area contributed by atoms with E-state index in [1.54, 1.807) is 0 Å². The van der Waals surface area contributed by atoms with Crippen LogP contribution in [0.15, 0.2) is 0 Å². The fraction of sp³-hybridized carbons (Fsp3) is 0.967. The molecule has 0 aliphatic carbocycles. The van der Waals surface area contributed by atoms with E-state index in [9.17, 15) is 9.59 Å². The van der Waals surface area contributed by atoms with Gasteiger partial charge in [-0.1, -0.05) is 321 Å². The van der Waals surface area contributed by atoms with Crippen molar-refractivity contribution in [2.45, 2.75) is 346 Å². The second-order valence-electron chi connectivity index (χ2n) is 15.9. The molecule has 0 fully saturated rings. The molecule has 0 radical (unpaired) electrons. The summed E-state index contributed by atoms with van der Waals surface area (Å²) in [4.78, 5) is 22.5. The van der Waals surface area contributed by atoms with E-state index in [4.69, 9.17) is 4.74 Å². The van der Waals surface area contributed by atoms with Gasteiger partial charge in [0.15, 0.2) is 0 Å². The third-order valence-corrected chi connectivity index (χ3v) is 8.29. The van der Waals surface area contributed by atoms with Gasteiger partial charge in [0, 0.05) is 0 Å². The van der Waals surface area contributed by atoms with Crippen molar-refractivity contribution in [3.05, 3.63) is 0 Å². The van der Waals surface area contributed by atoms with Crippen LogP contribution in [0.5, 0.6) is 0 Å². The Kier molecular flexibility index (Phi) is 181. The number of rotatable bonds is 25. The molecule has 0 saturated heterocycles. The van der Waals surface area contributed by atoms with E-state index >= 15 is 0 Å². The number of ether oxygens (including phenoxy) is 2. The van der Waals surface area contributed by atoms with Crippen molar-refractivity contribution in [1.29, 1.82) is 0 Å². The normalized spacial score (nSPS) is 9.45. The molecule has 0 aromatic rings. The summed E-state index contributed by atoms with van der Waals surface area (Å²) in [7, 11) is 1.44. The predicted octanol–water partition coefficient (Wildman–Crippen LogP) is 22.4. The molecular weight excluding hydrogens is 799 g/mol. The first-order chi connectivity index (χ1) is 31.3. The van der Waals surface area contributed by atoms with Crippen molar-refractivity contribution < 1.29 is 19.1 Å². The maximum Gasteiger partial charge on any atom is 0.308 e. The number of esters is 2. The van der Waals surface area contributed by atoms with Crippen molar-refractivity contribution in [3.63, 3.8) is 0 Å². The minimum Gasteiger partial charge on any atom is -0.469 e. The Morgan fingerprint density at radius 1 is 0.369 bits per heavy atom. The SMILES string of the molecule is CC.CC.CCC.CCC.CCCC.CCCCC.CCCCC.CCCCC.CCCCC(C)C(=O)OC.CCCCCC.CCCCOC(=O)C(CCC)CCCC.CCNCC. The van der Waals surface area contributed by atoms with Gasteiger partial charge in [-0.05, 0) is 38.8 Å². The van der Waals surface area contributed by atoms with Crippen molar-refractivity contribution in [2.75, 3.05) is 26.8 Å². The first-order valence-corrected chi connectivity index (χ1v) is 29.2. The van der Waals surface area contributed by atoms with Gasteiger partial charge in [-0.15, -0.1) is 0 Å². The van der Waals surface area contributed by atoms with Crippen LogP contribution in [0.25, 0.3) is 0 Å². The highest BCUT2D eigenvalue weighted by molar-refractivity contribution is 5.72. The second kappa shape index (κ2) is 125. The van der Waals surface area contributed by atoms with Crippen LogP contribution in [0.3, 0.4) is 0 Å². The van der Waals surface area contributed by atoms with Crippen molar-refractivity contribution in [3.8, 4) is 0 Å². The Labute approximate surface area is 419 Å². The van der Waals surface area contributed by atoms with E-state index in [0.717, 1.165) is 77.3 Å². The summed E-state index contributed by atoms with van der Waals surface area (Å²) in [6.45, 7) is 56.0. The Bertz CT molecular complexity index is 560. The highest BCUT2D eigenvalue weighted by Crippen LogP contribution is 2.17. The van der Waals surface area contributed by atoms with E-state index in [2.05, 4.69) is 149 Å². The lowest BCUT2D eigenvalue weighted by Gasteiger charge is -2.14. The summed E-state index contributed by atoms with van der Waals surface area (Å²) < 4.78 is 9.83. The van der Waals surface area contributed by atoms with Gasteiger partial charge in [-0.2, -0.15) is 0 Å². The summed E-state index contributed by atoms with van der Waals surface area (Å²) in [6.07, 6.45) is 33.5. The Morgan fingerprint density at radius 3 is 0.862 bits per heavy atom. The highest BCUT2D eigenvalue weighted by Gasteiger charge is 2.18. The van der Waals surface area contributed by atoms with E-state index < -0.39 is 0 Å². The lowest BCUT2D eigenvalue weighted by atomic mass is 9.97. The van der Waals surface area contributed by atoms with Gasteiger partial charge in [-0.25, -0.2) is 0 Å². The van der Waals surface area contributed by atoms with Gasteiger partial charge in [0.05, 0.1) is 25.6 Å². The Hall–Kier alpha value is -1.10. The molecule has 2 atom stereocenters. The molecule has 410 valence electrons. The molecule has 0 heterocycles. The number of unbranched alkanes of at least 4 members (excludes halogenated alkanes) is 13. The molecule has 0 amide bonds. The number of carbonyl (C=O) groups excluding carboxylic acids is 2. The maximum atomic E-state index is 11.7. The number of hydrogen-bond donors (Lipinski definition) is 1. The molecule has 0 saturated carbocycles. The van der Waals surface area contributed by atoms with Crippen LogP contribution >= 0.6 is 0 Å². The van der Waals surface area contributed by atoms with Gasteiger partial charge in [0.1, 0.15) is 0 Å². The van der Waals surface area contributed by atoms with Gasteiger partial charge in [0.2, 0.25) is 0 Å². The van der Waals surface area contributed by atoms with Crippen LogP contribution < -0.4 is 5.32 Å². The molecule has 0 spiro atoms. The molecule has 0 rings (SSSR count). The topological polar surface area (TPSA) is 64.6 Å². The van der Waals surface area contributed by atoms with E-state index in [1.165, 1.54) is 116 Å². The molecule has 5 heteroatoms. The Balaban J connectivity index is -0.0000000498. The molecule has 0 aromatic heterocycles. The summed E-state index contributed by atoms with van der Waals surface area (Å²) >= 11 is 0. The molecular formula is C60H141NO4. The highest BCUT2D eigenvalue weighted by atomic mass is 16.5. The zero-order chi connectivity index (χ0) is 53.6. The van der Waals surface area contributed by atoms with Crippen LogP contribution in [0.2, 0.25) is 0 Å². The third-order valence-electron chi connectivity index (χ3n) is 8.29. The molecule has 0 aliphatic rings. The van der Waals surface area contributed by atoms with Crippen molar-refractivity contribution >= 4 is 11.9 Å². The zero-order valence-corrected chi connectivity index (χ0v) is 51.5. The van der Waals surface area contributed by atoms with Crippen molar-refractivity contribution in [2.24, 2.45) is 11.8 Å². The average molecular weight is 941 g/mol. The molecule has 5 nitrogen and oxygen atoms in total. The van der Waals surface area contributed by atoms with E-state index in [-0.39, 0.29) is 23.8 Å². The summed E-state index contributed by atoms with van der Waals surface area (Å²) in [6, 6.07) is 0. The lowest BCUT2D eigenvalue weighted by molar-refractivity contribution is -0.149. The van der Waals surface area contributed by atoms with Gasteiger partial charge < -0.3 is 14.8 Å². The van der Waals surface area contributed by atoms with Crippen LogP contribution in [0, 0.1) is 11.8 Å². The summed E-state index contributed by atoms with van der Waals surface area (Å²) in [5.41, 5.74) is 0. The van der Waals surface area contributed by atoms with Crippen LogP contribution in [0.1, 0.15) is 346 Å². The van der Waals surface area contributed by atoms with Gasteiger partial charge >= 0.3 is 11.9 Å². The average Bonchev–Trinajstić information content (AvgIpc) is 3.32. The predicted molar refractivity (Wildman–Crippen MR) is 309 cm³/mol. The Morgan fingerprint density at radius 2 is 0.662 bits per heavy atom. The van der Waals surface area contributed by atoms with Gasteiger partial charge in [-0.3, -0.25) is 9.59 Å². The van der Waals surface area contributed by atoms with E-state index in [1.807, 2.05) is 34.6 Å². The van der Waals surface area contributed by atoms with Gasteiger partial charge in [0.25, 0.3) is 0 Å². The van der Waals surface area contributed by atoms with Crippen LogP contribution in [-0.2, 0) is 19.1 Å². The quantitative estimate of drug-likeness (QED) is 0.0730. The number of nitrogens with one attached hydrogen (secondary N) is 1. The van der Waals surface area contributed by atoms with Crippen molar-refractivity contribution in [1.82, 2.24) is 5.32 Å². The fourth-order valence-electron chi connectivity index (χ4n) is 4.25.